The lowest BCUT2D eigenvalue weighted by molar-refractivity contribution is -0.139. The van der Waals surface area contributed by atoms with Crippen LogP contribution in [0.4, 0.5) is 0 Å². The van der Waals surface area contributed by atoms with Gasteiger partial charge in [-0.05, 0) is 42.0 Å². The van der Waals surface area contributed by atoms with Gasteiger partial charge in [0.2, 0.25) is 0 Å². The van der Waals surface area contributed by atoms with Gasteiger partial charge in [-0.25, -0.2) is 4.79 Å². The topological polar surface area (TPSA) is 102 Å². The van der Waals surface area contributed by atoms with Gasteiger partial charge < -0.3 is 24.4 Å². The average Bonchev–Trinajstić information content (AvgIpc) is 2.64. The lowest BCUT2D eigenvalue weighted by Gasteiger charge is -2.10. The zero-order valence-electron chi connectivity index (χ0n) is 14.3. The van der Waals surface area contributed by atoms with E-state index in [1.165, 1.54) is 44.6 Å². The van der Waals surface area contributed by atoms with Gasteiger partial charge in [-0.2, -0.15) is 0 Å². The Bertz CT molecular complexity index is 840. The van der Waals surface area contributed by atoms with Gasteiger partial charge in [0.15, 0.2) is 35.4 Å². The maximum atomic E-state index is 12.3. The lowest BCUT2D eigenvalue weighted by atomic mass is 10.1. The second kappa shape index (κ2) is 8.57. The number of aromatic hydroxyl groups is 1. The normalized spacial score (nSPS) is 10.5. The fourth-order valence-corrected chi connectivity index (χ4v) is 2.16. The van der Waals surface area contributed by atoms with Crippen molar-refractivity contribution in [2.24, 2.45) is 0 Å². The van der Waals surface area contributed by atoms with E-state index in [9.17, 15) is 14.7 Å². The summed E-state index contributed by atoms with van der Waals surface area (Å²) < 4.78 is 15.2. The van der Waals surface area contributed by atoms with Crippen molar-refractivity contribution in [3.63, 3.8) is 0 Å². The molecule has 2 aromatic rings. The van der Waals surface area contributed by atoms with Crippen molar-refractivity contribution >= 4 is 17.8 Å². The van der Waals surface area contributed by atoms with Crippen LogP contribution in [0.5, 0.6) is 23.0 Å². The largest absolute Gasteiger partial charge is 0.504 e. The number of allylic oxidation sites excluding steroid dienone is 1. The van der Waals surface area contributed by atoms with E-state index in [0.29, 0.717) is 16.9 Å². The number of benzene rings is 2. The Hall–Kier alpha value is -3.48. The molecule has 2 rings (SSSR count). The predicted molar refractivity (Wildman–Crippen MR) is 94.1 cm³/mol. The van der Waals surface area contributed by atoms with Crippen molar-refractivity contribution in [1.29, 1.82) is 0 Å². The van der Waals surface area contributed by atoms with Crippen molar-refractivity contribution < 1.29 is 34.0 Å². The van der Waals surface area contributed by atoms with Gasteiger partial charge in [-0.3, -0.25) is 4.79 Å². The first-order chi connectivity index (χ1) is 12.4. The number of carbonyl (C=O) groups is 2. The Labute approximate surface area is 150 Å². The molecule has 0 fully saturated rings. The summed E-state index contributed by atoms with van der Waals surface area (Å²) in [6, 6.07) is 9.23. The number of hydrogen-bond donors (Lipinski definition) is 2. The molecule has 0 atom stereocenters. The number of phenolic OH excluding ortho intramolecular Hbond substituents is 1. The summed E-state index contributed by atoms with van der Waals surface area (Å²) in [5.74, 6) is -0.594. The van der Waals surface area contributed by atoms with Gasteiger partial charge in [-0.1, -0.05) is 12.1 Å². The van der Waals surface area contributed by atoms with E-state index in [2.05, 4.69) is 0 Å². The Morgan fingerprint density at radius 3 is 2.31 bits per heavy atom. The van der Waals surface area contributed by atoms with Crippen LogP contribution in [-0.2, 0) is 4.79 Å². The molecule has 26 heavy (non-hydrogen) atoms. The first-order valence-corrected chi connectivity index (χ1v) is 7.56. The second-order valence-corrected chi connectivity index (χ2v) is 5.18. The minimum absolute atomic E-state index is 0.0244. The van der Waals surface area contributed by atoms with E-state index in [1.54, 1.807) is 18.2 Å². The lowest BCUT2D eigenvalue weighted by Crippen LogP contribution is -2.10. The van der Waals surface area contributed by atoms with E-state index >= 15 is 0 Å². The third-order valence-electron chi connectivity index (χ3n) is 3.43. The number of carboxylic acid groups (broad SMARTS) is 1. The molecule has 2 N–H and O–H groups in total. The molecule has 0 aliphatic rings. The van der Waals surface area contributed by atoms with Crippen LogP contribution in [0, 0.1) is 0 Å². The Morgan fingerprint density at radius 2 is 1.69 bits per heavy atom. The number of ether oxygens (including phenoxy) is 3. The molecule has 0 aromatic heterocycles. The second-order valence-electron chi connectivity index (χ2n) is 5.18. The van der Waals surface area contributed by atoms with Crippen molar-refractivity contribution in [2.75, 3.05) is 20.8 Å². The third kappa shape index (κ3) is 4.76. The molecule has 0 aliphatic carbocycles. The van der Waals surface area contributed by atoms with Crippen molar-refractivity contribution in [3.05, 3.63) is 53.6 Å². The van der Waals surface area contributed by atoms with Crippen LogP contribution in [0.2, 0.25) is 0 Å². The van der Waals surface area contributed by atoms with Crippen LogP contribution in [0.3, 0.4) is 0 Å². The molecule has 0 bridgehead atoms. The van der Waals surface area contributed by atoms with Crippen LogP contribution >= 0.6 is 0 Å². The molecular weight excluding hydrogens is 340 g/mol. The van der Waals surface area contributed by atoms with Gasteiger partial charge in [-0.15, -0.1) is 0 Å². The molecule has 0 saturated carbocycles. The summed E-state index contributed by atoms with van der Waals surface area (Å²) in [4.78, 5) is 22.9. The van der Waals surface area contributed by atoms with Crippen molar-refractivity contribution in [1.82, 2.24) is 0 Å². The highest BCUT2D eigenvalue weighted by Gasteiger charge is 2.11. The van der Waals surface area contributed by atoms with Crippen molar-refractivity contribution in [2.45, 2.75) is 0 Å². The molecular formula is C19H18O7. The number of phenols is 1. The molecule has 0 saturated heterocycles. The molecule has 2 aromatic carbocycles. The molecule has 0 radical (unpaired) electrons. The summed E-state index contributed by atoms with van der Waals surface area (Å²) in [7, 11) is 2.85. The van der Waals surface area contributed by atoms with Crippen LogP contribution in [0.1, 0.15) is 15.9 Å². The van der Waals surface area contributed by atoms with Crippen LogP contribution in [-0.4, -0.2) is 42.8 Å². The quantitative estimate of drug-likeness (QED) is 0.552. The summed E-state index contributed by atoms with van der Waals surface area (Å²) in [6.45, 7) is -0.509. The Balaban J connectivity index is 2.16. The van der Waals surface area contributed by atoms with E-state index in [4.69, 9.17) is 19.3 Å². The Kier molecular flexibility index (Phi) is 6.21. The van der Waals surface area contributed by atoms with Crippen LogP contribution in [0.25, 0.3) is 6.08 Å². The zero-order chi connectivity index (χ0) is 19.1. The van der Waals surface area contributed by atoms with E-state index in [0.717, 1.165) is 0 Å². The number of carboxylic acids is 1. The molecule has 0 aliphatic heterocycles. The van der Waals surface area contributed by atoms with E-state index in [1.807, 2.05) is 0 Å². The summed E-state index contributed by atoms with van der Waals surface area (Å²) in [5.41, 5.74) is 0.975. The first kappa shape index (κ1) is 18.9. The smallest absolute Gasteiger partial charge is 0.341 e. The maximum Gasteiger partial charge on any atom is 0.341 e. The minimum atomic E-state index is -1.11. The summed E-state index contributed by atoms with van der Waals surface area (Å²) in [6.07, 6.45) is 2.91. The maximum absolute atomic E-state index is 12.3. The zero-order valence-corrected chi connectivity index (χ0v) is 14.3. The monoisotopic (exact) mass is 358 g/mol. The highest BCUT2D eigenvalue weighted by Crippen LogP contribution is 2.29. The van der Waals surface area contributed by atoms with E-state index in [-0.39, 0.29) is 23.0 Å². The fourth-order valence-electron chi connectivity index (χ4n) is 2.16. The molecule has 0 heterocycles. The molecule has 7 nitrogen and oxygen atoms in total. The average molecular weight is 358 g/mol. The minimum Gasteiger partial charge on any atom is -0.504 e. The number of hydrogen-bond acceptors (Lipinski definition) is 6. The molecule has 136 valence electrons. The summed E-state index contributed by atoms with van der Waals surface area (Å²) >= 11 is 0. The molecule has 0 spiro atoms. The fraction of sp³-hybridized carbons (Fsp3) is 0.158. The number of methoxy groups -OCH3 is 2. The number of rotatable bonds is 8. The van der Waals surface area contributed by atoms with Gasteiger partial charge in [0.25, 0.3) is 0 Å². The number of carbonyl (C=O) groups excluding carboxylic acids is 1. The van der Waals surface area contributed by atoms with Gasteiger partial charge in [0.05, 0.1) is 14.2 Å². The molecule has 0 unspecified atom stereocenters. The number of ketones is 1. The first-order valence-electron chi connectivity index (χ1n) is 7.56. The molecule has 0 amide bonds. The summed E-state index contributed by atoms with van der Waals surface area (Å²) in [5, 5.41) is 18.4. The SMILES string of the molecule is COc1ccc(/C=C/C(=O)c2ccc(OCC(=O)O)c(OC)c2)cc1O. The van der Waals surface area contributed by atoms with Crippen LogP contribution < -0.4 is 14.2 Å². The number of aliphatic carboxylic acids is 1. The van der Waals surface area contributed by atoms with E-state index < -0.39 is 12.6 Å². The van der Waals surface area contributed by atoms with Crippen molar-refractivity contribution in [3.8, 4) is 23.0 Å². The highest BCUT2D eigenvalue weighted by atomic mass is 16.5. The van der Waals surface area contributed by atoms with Gasteiger partial charge in [0, 0.05) is 5.56 Å². The Morgan fingerprint density at radius 1 is 1.00 bits per heavy atom. The third-order valence-corrected chi connectivity index (χ3v) is 3.43. The van der Waals surface area contributed by atoms with Gasteiger partial charge >= 0.3 is 5.97 Å². The molecule has 7 heteroatoms. The standard InChI is InChI=1S/C19H18O7/c1-24-16-7-4-12(9-15(16)21)3-6-14(20)13-5-8-17(18(10-13)25-2)26-11-19(22)23/h3-10,21H,11H2,1-2H3,(H,22,23)/b6-3+. The highest BCUT2D eigenvalue weighted by molar-refractivity contribution is 6.07. The van der Waals surface area contributed by atoms with Crippen LogP contribution in [0.15, 0.2) is 42.5 Å². The van der Waals surface area contributed by atoms with Gasteiger partial charge in [0.1, 0.15) is 0 Å². The predicted octanol–water partition coefficient (Wildman–Crippen LogP) is 2.77.